The molecule has 0 radical (unpaired) electrons. The first-order valence-electron chi connectivity index (χ1n) is 6.64. The van der Waals surface area contributed by atoms with Crippen molar-refractivity contribution in [1.82, 2.24) is 0 Å². The molecule has 0 fully saturated rings. The van der Waals surface area contributed by atoms with E-state index in [-0.39, 0.29) is 24.4 Å². The van der Waals surface area contributed by atoms with Gasteiger partial charge < -0.3 is 21.9 Å². The molecule has 0 bridgehead atoms. The average Bonchev–Trinajstić information content (AvgIpc) is 2.44. The van der Waals surface area contributed by atoms with E-state index < -0.39 is 5.97 Å². The van der Waals surface area contributed by atoms with Gasteiger partial charge in [-0.25, -0.2) is 4.79 Å². The molecule has 0 aliphatic heterocycles. The maximum Gasteiger partial charge on any atom is 0.337 e. The van der Waals surface area contributed by atoms with E-state index in [2.05, 4.69) is 17.2 Å². The van der Waals surface area contributed by atoms with Crippen LogP contribution in [0.2, 0.25) is 0 Å². The Hall–Kier alpha value is -2.36. The first-order chi connectivity index (χ1) is 10.1. The third-order valence-electron chi connectivity index (χ3n) is 2.63. The summed E-state index contributed by atoms with van der Waals surface area (Å²) >= 11 is 0. The summed E-state index contributed by atoms with van der Waals surface area (Å²) in [5, 5.41) is 11.8. The zero-order chi connectivity index (χ0) is 15.7. The van der Waals surface area contributed by atoms with E-state index in [4.69, 9.17) is 11.5 Å². The zero-order valence-electron chi connectivity index (χ0n) is 11.7. The summed E-state index contributed by atoms with van der Waals surface area (Å²) in [4.78, 5) is 22.7. The van der Waals surface area contributed by atoms with E-state index in [1.54, 1.807) is 12.1 Å². The second-order valence-corrected chi connectivity index (χ2v) is 4.35. The van der Waals surface area contributed by atoms with E-state index in [1.807, 2.05) is 0 Å². The topological polar surface area (TPSA) is 118 Å². The Morgan fingerprint density at radius 3 is 2.62 bits per heavy atom. The molecule has 0 saturated carbocycles. The Bertz CT molecular complexity index is 573. The van der Waals surface area contributed by atoms with E-state index in [0.717, 1.165) is 6.42 Å². The highest BCUT2D eigenvalue weighted by Crippen LogP contribution is 2.16. The molecule has 21 heavy (non-hydrogen) atoms. The minimum Gasteiger partial charge on any atom is -0.478 e. The number of hydrogen-bond acceptors (Lipinski definition) is 4. The largest absolute Gasteiger partial charge is 0.478 e. The first kappa shape index (κ1) is 16.7. The summed E-state index contributed by atoms with van der Waals surface area (Å²) in [5.74, 6) is 4.35. The highest BCUT2D eigenvalue weighted by Gasteiger charge is 2.10. The van der Waals surface area contributed by atoms with Crippen LogP contribution in [0.4, 0.5) is 5.69 Å². The van der Waals surface area contributed by atoms with Crippen molar-refractivity contribution in [3.63, 3.8) is 0 Å². The number of unbranched alkanes of at least 4 members (excludes halogenated alkanes) is 1. The van der Waals surface area contributed by atoms with E-state index >= 15 is 0 Å². The first-order valence-corrected chi connectivity index (χ1v) is 6.64. The van der Waals surface area contributed by atoms with Gasteiger partial charge in [0.2, 0.25) is 5.91 Å². The molecule has 0 aliphatic carbocycles. The zero-order valence-corrected chi connectivity index (χ0v) is 11.7. The molecule has 6 N–H and O–H groups in total. The lowest BCUT2D eigenvalue weighted by Crippen LogP contribution is -2.16. The van der Waals surface area contributed by atoms with Crippen molar-refractivity contribution in [3.8, 4) is 11.8 Å². The van der Waals surface area contributed by atoms with Crippen LogP contribution < -0.4 is 16.8 Å². The predicted octanol–water partition coefficient (Wildman–Crippen LogP) is 0.762. The second-order valence-electron chi connectivity index (χ2n) is 4.35. The number of carbonyl (C=O) groups is 2. The van der Waals surface area contributed by atoms with Gasteiger partial charge >= 0.3 is 5.97 Å². The summed E-state index contributed by atoms with van der Waals surface area (Å²) in [6.07, 6.45) is 1.57. The number of carboxylic acids is 1. The molecule has 1 aromatic carbocycles. The van der Waals surface area contributed by atoms with Crippen LogP contribution >= 0.6 is 0 Å². The van der Waals surface area contributed by atoms with Gasteiger partial charge in [0.1, 0.15) is 0 Å². The molecule has 0 saturated heterocycles. The summed E-state index contributed by atoms with van der Waals surface area (Å²) < 4.78 is 0. The van der Waals surface area contributed by atoms with Crippen molar-refractivity contribution >= 4 is 17.6 Å². The molecule has 1 rings (SSSR count). The SMILES string of the molecule is NCCCC#Cc1ccc(NC(=O)CCN)cc1C(=O)O. The Balaban J connectivity index is 2.93. The van der Waals surface area contributed by atoms with Crippen molar-refractivity contribution in [2.75, 3.05) is 18.4 Å². The van der Waals surface area contributed by atoms with Gasteiger partial charge in [-0.3, -0.25) is 4.79 Å². The monoisotopic (exact) mass is 289 g/mol. The van der Waals surface area contributed by atoms with Crippen LogP contribution in [-0.2, 0) is 4.79 Å². The van der Waals surface area contributed by atoms with Gasteiger partial charge in [-0.2, -0.15) is 0 Å². The number of carbonyl (C=O) groups excluding carboxylic acids is 1. The summed E-state index contributed by atoms with van der Waals surface area (Å²) in [7, 11) is 0. The fraction of sp³-hybridized carbons (Fsp3) is 0.333. The van der Waals surface area contributed by atoms with Crippen LogP contribution in [-0.4, -0.2) is 30.1 Å². The number of amides is 1. The molecular formula is C15H19N3O3. The minimum absolute atomic E-state index is 0.0563. The Labute approximate surface area is 123 Å². The summed E-state index contributed by atoms with van der Waals surface area (Å²) in [5.41, 5.74) is 11.5. The third-order valence-corrected chi connectivity index (χ3v) is 2.63. The van der Waals surface area contributed by atoms with Gasteiger partial charge in [0, 0.05) is 30.6 Å². The van der Waals surface area contributed by atoms with Crippen LogP contribution in [0, 0.1) is 11.8 Å². The van der Waals surface area contributed by atoms with Gasteiger partial charge in [0.25, 0.3) is 0 Å². The van der Waals surface area contributed by atoms with E-state index in [9.17, 15) is 14.7 Å². The Kier molecular flexibility index (Phi) is 6.95. The predicted molar refractivity (Wildman–Crippen MR) is 80.9 cm³/mol. The van der Waals surface area contributed by atoms with Crippen molar-refractivity contribution in [2.45, 2.75) is 19.3 Å². The van der Waals surface area contributed by atoms with Gasteiger partial charge in [0.05, 0.1) is 5.56 Å². The van der Waals surface area contributed by atoms with Crippen LogP contribution in [0.15, 0.2) is 18.2 Å². The van der Waals surface area contributed by atoms with Crippen molar-refractivity contribution < 1.29 is 14.7 Å². The van der Waals surface area contributed by atoms with Crippen molar-refractivity contribution in [1.29, 1.82) is 0 Å². The molecule has 112 valence electrons. The van der Waals surface area contributed by atoms with Crippen LogP contribution in [0.1, 0.15) is 35.2 Å². The van der Waals surface area contributed by atoms with E-state index in [1.165, 1.54) is 6.07 Å². The van der Waals surface area contributed by atoms with Crippen LogP contribution in [0.3, 0.4) is 0 Å². The van der Waals surface area contributed by atoms with Gasteiger partial charge in [-0.15, -0.1) is 0 Å². The number of carboxylic acid groups (broad SMARTS) is 1. The normalized spacial score (nSPS) is 9.62. The molecule has 0 heterocycles. The fourth-order valence-electron chi connectivity index (χ4n) is 1.61. The molecule has 0 atom stereocenters. The second kappa shape index (κ2) is 8.74. The smallest absolute Gasteiger partial charge is 0.337 e. The maximum absolute atomic E-state index is 11.4. The molecule has 6 heteroatoms. The molecule has 1 aromatic rings. The Morgan fingerprint density at radius 1 is 1.24 bits per heavy atom. The standard InChI is InChI=1S/C15H19N3O3/c16-8-3-1-2-4-11-5-6-12(10-13(11)15(20)21)18-14(19)7-9-17/h5-6,10H,1,3,7-9,16-17H2,(H,18,19)(H,20,21). The molecular weight excluding hydrogens is 270 g/mol. The van der Waals surface area contributed by atoms with Gasteiger partial charge in [-0.1, -0.05) is 11.8 Å². The number of nitrogens with two attached hydrogens (primary N) is 2. The molecule has 0 spiro atoms. The summed E-state index contributed by atoms with van der Waals surface area (Å²) in [6, 6.07) is 4.59. The van der Waals surface area contributed by atoms with Gasteiger partial charge in [-0.05, 0) is 31.2 Å². The fourth-order valence-corrected chi connectivity index (χ4v) is 1.61. The number of hydrogen-bond donors (Lipinski definition) is 4. The number of aromatic carboxylic acids is 1. The molecule has 0 aromatic heterocycles. The average molecular weight is 289 g/mol. The number of benzene rings is 1. The minimum atomic E-state index is -1.09. The number of rotatable bonds is 6. The molecule has 0 aliphatic rings. The van der Waals surface area contributed by atoms with Crippen molar-refractivity contribution in [3.05, 3.63) is 29.3 Å². The lowest BCUT2D eigenvalue weighted by molar-refractivity contribution is -0.116. The van der Waals surface area contributed by atoms with Gasteiger partial charge in [0.15, 0.2) is 0 Å². The highest BCUT2D eigenvalue weighted by atomic mass is 16.4. The summed E-state index contributed by atoms with van der Waals surface area (Å²) in [6.45, 7) is 0.787. The molecule has 0 unspecified atom stereocenters. The van der Waals surface area contributed by atoms with E-state index in [0.29, 0.717) is 24.2 Å². The molecule has 1 amide bonds. The lowest BCUT2D eigenvalue weighted by atomic mass is 10.1. The number of anilines is 1. The maximum atomic E-state index is 11.4. The van der Waals surface area contributed by atoms with Crippen molar-refractivity contribution in [2.24, 2.45) is 11.5 Å². The Morgan fingerprint density at radius 2 is 2.00 bits per heavy atom. The quantitative estimate of drug-likeness (QED) is 0.455. The lowest BCUT2D eigenvalue weighted by Gasteiger charge is -2.06. The highest BCUT2D eigenvalue weighted by molar-refractivity contribution is 5.95. The molecule has 6 nitrogen and oxygen atoms in total. The van der Waals surface area contributed by atoms with Crippen LogP contribution in [0.5, 0.6) is 0 Å². The third kappa shape index (κ3) is 5.65. The number of nitrogens with one attached hydrogen (secondary N) is 1. The van der Waals surface area contributed by atoms with Crippen LogP contribution in [0.25, 0.3) is 0 Å².